The lowest BCUT2D eigenvalue weighted by Gasteiger charge is -2.33. The molecular weight excluding hydrogens is 541 g/mol. The van der Waals surface area contributed by atoms with Gasteiger partial charge in [-0.15, -0.1) is 0 Å². The smallest absolute Gasteiger partial charge is 0.258 e. The number of rotatable bonds is 11. The van der Waals surface area contributed by atoms with Gasteiger partial charge in [-0.05, 0) is 87.5 Å². The molecule has 1 aliphatic rings. The zero-order chi connectivity index (χ0) is 26.8. The quantitative estimate of drug-likeness (QED) is 0.185. The van der Waals surface area contributed by atoms with Crippen molar-refractivity contribution >= 4 is 33.7 Å². The third-order valence-corrected chi connectivity index (χ3v) is 7.10. The topological polar surface area (TPSA) is 121 Å². The van der Waals surface area contributed by atoms with Crippen LogP contribution in [0.3, 0.4) is 0 Å². The van der Waals surface area contributed by atoms with Gasteiger partial charge in [-0.25, -0.2) is 4.39 Å². The number of primary amides is 1. The van der Waals surface area contributed by atoms with E-state index in [-0.39, 0.29) is 23.5 Å². The number of aryl methyl sites for hydroxylation is 1. The number of unbranched alkanes of at least 4 members (excludes halogenated alkanes) is 1. The minimum absolute atomic E-state index is 0.137. The first-order valence-corrected chi connectivity index (χ1v) is 13.4. The Morgan fingerprint density at radius 2 is 2.03 bits per heavy atom. The van der Waals surface area contributed by atoms with E-state index in [4.69, 9.17) is 15.9 Å². The number of hydrogen-bond acceptors (Lipinski definition) is 5. The molecule has 1 saturated heterocycles. The summed E-state index contributed by atoms with van der Waals surface area (Å²) in [4.78, 5) is 26.6. The summed E-state index contributed by atoms with van der Waals surface area (Å²) in [6.07, 6.45) is 5.28. The van der Waals surface area contributed by atoms with Crippen LogP contribution in [-0.4, -0.2) is 55.5 Å². The number of benzene rings is 2. The number of amides is 2. The lowest BCUT2D eigenvalue weighted by atomic mass is 9.98. The molecule has 8 nitrogen and oxygen atoms in total. The molecule has 200 valence electrons. The number of carbonyl (C=O) groups excluding carboxylic acids is 2. The first kappa shape index (κ1) is 28.6. The van der Waals surface area contributed by atoms with Crippen LogP contribution in [0.2, 0.25) is 0 Å². The van der Waals surface area contributed by atoms with Gasteiger partial charge in [0, 0.05) is 22.1 Å². The van der Waals surface area contributed by atoms with E-state index in [0.717, 1.165) is 55.2 Å². The Kier molecular flexibility index (Phi) is 10.9. The molecule has 5 N–H and O–H groups in total. The van der Waals surface area contributed by atoms with Gasteiger partial charge in [0.1, 0.15) is 11.6 Å². The van der Waals surface area contributed by atoms with Gasteiger partial charge in [0.25, 0.3) is 5.91 Å². The predicted octanol–water partition coefficient (Wildman–Crippen LogP) is 3.76. The van der Waals surface area contributed by atoms with Gasteiger partial charge in [-0.3, -0.25) is 25.2 Å². The zero-order valence-electron chi connectivity index (χ0n) is 21.1. The van der Waals surface area contributed by atoms with E-state index in [1.165, 1.54) is 12.1 Å². The summed E-state index contributed by atoms with van der Waals surface area (Å²) in [5.41, 5.74) is 6.90. The second-order valence-corrected chi connectivity index (χ2v) is 10.1. The van der Waals surface area contributed by atoms with Crippen molar-refractivity contribution in [3.63, 3.8) is 0 Å². The molecule has 2 amide bonds. The Labute approximate surface area is 225 Å². The molecule has 2 aromatic rings. The molecule has 1 aliphatic heterocycles. The molecule has 1 atom stereocenters. The number of halogens is 2. The fraction of sp³-hybridized carbons (Fsp3) is 0.444. The van der Waals surface area contributed by atoms with Gasteiger partial charge >= 0.3 is 0 Å². The molecule has 37 heavy (non-hydrogen) atoms. The number of ether oxygens (including phenoxy) is 1. The van der Waals surface area contributed by atoms with Gasteiger partial charge < -0.3 is 15.8 Å². The van der Waals surface area contributed by atoms with Gasteiger partial charge in [0.05, 0.1) is 13.2 Å². The number of carbonyl (C=O) groups is 2. The van der Waals surface area contributed by atoms with Crippen LogP contribution in [0.1, 0.15) is 53.6 Å². The van der Waals surface area contributed by atoms with Crippen LogP contribution < -0.4 is 21.1 Å². The molecule has 2 aromatic carbocycles. The normalized spacial score (nSPS) is 15.7. The summed E-state index contributed by atoms with van der Waals surface area (Å²) in [5, 5.41) is 13.5. The maximum Gasteiger partial charge on any atom is 0.258 e. The molecule has 1 heterocycles. The number of nitrogens with one attached hydrogen (secondary N) is 3. The molecule has 0 aliphatic carbocycles. The van der Waals surface area contributed by atoms with E-state index in [2.05, 4.69) is 31.5 Å². The first-order chi connectivity index (χ1) is 17.8. The molecule has 0 saturated carbocycles. The van der Waals surface area contributed by atoms with E-state index in [9.17, 15) is 14.0 Å². The zero-order valence-corrected chi connectivity index (χ0v) is 22.7. The Hall–Kier alpha value is -2.98. The van der Waals surface area contributed by atoms with E-state index >= 15 is 0 Å². The molecular formula is C27H35BrFN5O3. The van der Waals surface area contributed by atoms with Crippen LogP contribution >= 0.6 is 15.9 Å². The number of piperidine rings is 1. The Morgan fingerprint density at radius 3 is 2.78 bits per heavy atom. The van der Waals surface area contributed by atoms with Gasteiger partial charge in [0.15, 0.2) is 5.96 Å². The lowest BCUT2D eigenvalue weighted by Crippen LogP contribution is -2.48. The van der Waals surface area contributed by atoms with E-state index < -0.39 is 11.7 Å². The highest BCUT2D eigenvalue weighted by Crippen LogP contribution is 2.26. The minimum Gasteiger partial charge on any atom is -0.496 e. The SMILES string of the molecule is COc1ccc(Br)cc1CCc1c(F)cccc1C(=O)NC(=N)NCCCCN1CCCCC1C(N)=O. The van der Waals surface area contributed by atoms with Crippen LogP contribution in [-0.2, 0) is 17.6 Å². The van der Waals surface area contributed by atoms with Crippen LogP contribution in [0.25, 0.3) is 0 Å². The highest BCUT2D eigenvalue weighted by molar-refractivity contribution is 9.10. The van der Waals surface area contributed by atoms with Gasteiger partial charge in [-0.1, -0.05) is 28.4 Å². The van der Waals surface area contributed by atoms with Crippen LogP contribution in [0.5, 0.6) is 5.75 Å². The monoisotopic (exact) mass is 575 g/mol. The number of likely N-dealkylation sites (tertiary alicyclic amines) is 1. The van der Waals surface area contributed by atoms with Gasteiger partial charge in [-0.2, -0.15) is 0 Å². The number of nitrogens with zero attached hydrogens (tertiary/aromatic N) is 1. The Balaban J connectivity index is 1.49. The first-order valence-electron chi connectivity index (χ1n) is 12.6. The van der Waals surface area contributed by atoms with Crippen molar-refractivity contribution in [1.82, 2.24) is 15.5 Å². The molecule has 0 bridgehead atoms. The van der Waals surface area contributed by atoms with Crippen molar-refractivity contribution in [2.45, 2.75) is 51.0 Å². The van der Waals surface area contributed by atoms with Crippen LogP contribution in [0.4, 0.5) is 4.39 Å². The third kappa shape index (κ3) is 8.26. The van der Waals surface area contributed by atoms with E-state index in [1.54, 1.807) is 13.2 Å². The lowest BCUT2D eigenvalue weighted by molar-refractivity contribution is -0.124. The van der Waals surface area contributed by atoms with Crippen LogP contribution in [0, 0.1) is 11.2 Å². The molecule has 0 aromatic heterocycles. The Morgan fingerprint density at radius 1 is 1.22 bits per heavy atom. The number of guanidine groups is 1. The third-order valence-electron chi connectivity index (χ3n) is 6.60. The average molecular weight is 577 g/mol. The van der Waals surface area contributed by atoms with Crippen molar-refractivity contribution in [2.75, 3.05) is 26.7 Å². The minimum atomic E-state index is -0.536. The average Bonchev–Trinajstić information content (AvgIpc) is 2.87. The fourth-order valence-corrected chi connectivity index (χ4v) is 5.10. The van der Waals surface area contributed by atoms with Gasteiger partial charge in [0.2, 0.25) is 5.91 Å². The standard InChI is InChI=1S/C27H35BrFN5O3/c1-37-24-13-11-19(28)17-18(24)10-12-20-21(7-6-8-22(20)29)26(36)33-27(31)32-14-3-5-16-34-15-4-2-9-23(34)25(30)35/h6-8,11,13,17,23H,2-5,9-10,12,14-16H2,1H3,(H2,30,35)(H3,31,32,33,36). The molecule has 1 fully saturated rings. The summed E-state index contributed by atoms with van der Waals surface area (Å²) in [5.74, 6) is -0.711. The number of nitrogens with two attached hydrogens (primary N) is 1. The molecule has 0 radical (unpaired) electrons. The maximum absolute atomic E-state index is 14.7. The predicted molar refractivity (Wildman–Crippen MR) is 145 cm³/mol. The molecule has 0 spiro atoms. The van der Waals surface area contributed by atoms with Crippen molar-refractivity contribution in [1.29, 1.82) is 5.41 Å². The number of hydrogen-bond donors (Lipinski definition) is 4. The largest absolute Gasteiger partial charge is 0.496 e. The molecule has 3 rings (SSSR count). The molecule has 10 heteroatoms. The fourth-order valence-electron chi connectivity index (χ4n) is 4.69. The summed E-state index contributed by atoms with van der Waals surface area (Å²) in [6, 6.07) is 9.82. The van der Waals surface area contributed by atoms with E-state index in [1.807, 2.05) is 18.2 Å². The highest BCUT2D eigenvalue weighted by atomic mass is 79.9. The van der Waals surface area contributed by atoms with Crippen molar-refractivity contribution < 1.29 is 18.7 Å². The van der Waals surface area contributed by atoms with Crippen molar-refractivity contribution in [2.24, 2.45) is 5.73 Å². The Bertz CT molecular complexity index is 1110. The second kappa shape index (κ2) is 14.1. The van der Waals surface area contributed by atoms with Crippen LogP contribution in [0.15, 0.2) is 40.9 Å². The van der Waals surface area contributed by atoms with E-state index in [0.29, 0.717) is 30.7 Å². The molecule has 1 unspecified atom stereocenters. The highest BCUT2D eigenvalue weighted by Gasteiger charge is 2.26. The maximum atomic E-state index is 14.7. The second-order valence-electron chi connectivity index (χ2n) is 9.14. The van der Waals surface area contributed by atoms with Crippen molar-refractivity contribution in [3.8, 4) is 5.75 Å². The number of methoxy groups -OCH3 is 1. The summed E-state index contributed by atoms with van der Waals surface area (Å²) < 4.78 is 21.0. The van der Waals surface area contributed by atoms with Crippen molar-refractivity contribution in [3.05, 3.63) is 63.4 Å². The summed E-state index contributed by atoms with van der Waals surface area (Å²) in [6.45, 7) is 2.13. The summed E-state index contributed by atoms with van der Waals surface area (Å²) >= 11 is 3.44. The summed E-state index contributed by atoms with van der Waals surface area (Å²) in [7, 11) is 1.58.